The quantitative estimate of drug-likeness (QED) is 0.230. The smallest absolute Gasteiger partial charge is 0.201 e. The lowest BCUT2D eigenvalue weighted by molar-refractivity contribution is 0.122. The molecule has 1 aliphatic heterocycles. The van der Waals surface area contributed by atoms with Crippen molar-refractivity contribution >= 4 is 33.4 Å². The number of nitrogens with zero attached hydrogens (tertiary/aromatic N) is 4. The van der Waals surface area contributed by atoms with Crippen LogP contribution in [0.3, 0.4) is 0 Å². The molecule has 222 valence electrons. The van der Waals surface area contributed by atoms with Crippen molar-refractivity contribution in [1.82, 2.24) is 19.7 Å². The largest absolute Gasteiger partial charge is 0.489 e. The molecule has 1 unspecified atom stereocenters. The number of ether oxygens (including phenoxy) is 2. The van der Waals surface area contributed by atoms with E-state index < -0.39 is 22.9 Å². The van der Waals surface area contributed by atoms with Crippen molar-refractivity contribution < 1.29 is 26.7 Å². The Balaban J connectivity index is 1.68. The van der Waals surface area contributed by atoms with Crippen LogP contribution in [0.2, 0.25) is 0 Å². The number of hydrogen-bond acceptors (Lipinski definition) is 9. The van der Waals surface area contributed by atoms with Gasteiger partial charge in [0.15, 0.2) is 5.82 Å². The summed E-state index contributed by atoms with van der Waals surface area (Å²) >= 11 is 0. The molecule has 2 aromatic carbocycles. The van der Waals surface area contributed by atoms with E-state index in [1.165, 1.54) is 6.07 Å². The van der Waals surface area contributed by atoms with E-state index in [1.807, 2.05) is 13.8 Å². The van der Waals surface area contributed by atoms with Gasteiger partial charge in [0, 0.05) is 47.9 Å². The lowest BCUT2D eigenvalue weighted by atomic mass is 9.97. The Morgan fingerprint density at radius 2 is 1.90 bits per heavy atom. The lowest BCUT2D eigenvalue weighted by Gasteiger charge is -2.29. The number of nitrogen functional groups attached to an aromatic ring is 1. The highest BCUT2D eigenvalue weighted by atomic mass is 32.2. The monoisotopic (exact) mass is 598 g/mol. The predicted molar refractivity (Wildman–Crippen MR) is 158 cm³/mol. The molecular formula is C29H32F2N6O4S. The normalized spacial score (nSPS) is 14.6. The Labute approximate surface area is 244 Å². The highest BCUT2D eigenvalue weighted by Gasteiger charge is 2.24. The molecular weight excluding hydrogens is 566 g/mol. The van der Waals surface area contributed by atoms with Gasteiger partial charge in [0.1, 0.15) is 34.9 Å². The number of aromatic nitrogens is 3. The van der Waals surface area contributed by atoms with Crippen molar-refractivity contribution in [3.8, 4) is 28.3 Å². The zero-order valence-electron chi connectivity index (χ0n) is 23.2. The highest BCUT2D eigenvalue weighted by Crippen LogP contribution is 2.40. The van der Waals surface area contributed by atoms with Crippen LogP contribution in [0.4, 0.5) is 20.4 Å². The number of rotatable bonds is 10. The third-order valence-corrected chi connectivity index (χ3v) is 7.26. The first-order chi connectivity index (χ1) is 20.2. The molecule has 0 amide bonds. The molecule has 1 aliphatic rings. The Morgan fingerprint density at radius 1 is 1.12 bits per heavy atom. The molecule has 5 rings (SSSR count). The fraction of sp³-hybridized carbons (Fsp3) is 0.345. The van der Waals surface area contributed by atoms with Crippen LogP contribution in [0.5, 0.6) is 5.75 Å². The molecule has 0 radical (unpaired) electrons. The molecule has 42 heavy (non-hydrogen) atoms. The lowest BCUT2D eigenvalue weighted by Crippen LogP contribution is -2.37. The van der Waals surface area contributed by atoms with E-state index >= 15 is 8.78 Å². The molecule has 0 bridgehead atoms. The first-order valence-corrected chi connectivity index (χ1v) is 14.8. The topological polar surface area (TPSA) is 133 Å². The van der Waals surface area contributed by atoms with Crippen LogP contribution in [-0.4, -0.2) is 62.3 Å². The number of fused-ring (bicyclic) bond motifs is 1. The molecule has 10 nitrogen and oxygen atoms in total. The summed E-state index contributed by atoms with van der Waals surface area (Å²) in [6, 6.07) is 11.5. The summed E-state index contributed by atoms with van der Waals surface area (Å²) in [5, 5.41) is 0.641. The minimum absolute atomic E-state index is 0.141. The number of pyridine rings is 1. The SMILES string of the molecule is CC(C)Oc1cc(-c2cccc(C(F)CCN[SH](=O)=O)c2F)cc2c(N3CCOCC3)nc(-c3ccc(N)nc3)nc12. The zero-order chi connectivity index (χ0) is 29.8. The van der Waals surface area contributed by atoms with Crippen LogP contribution in [0.25, 0.3) is 33.4 Å². The van der Waals surface area contributed by atoms with Gasteiger partial charge < -0.3 is 20.1 Å². The number of nitrogens with one attached hydrogen (secondary N) is 1. The van der Waals surface area contributed by atoms with Gasteiger partial charge in [-0.3, -0.25) is 0 Å². The number of morpholine rings is 1. The van der Waals surface area contributed by atoms with E-state index in [0.717, 1.165) is 0 Å². The Morgan fingerprint density at radius 3 is 2.60 bits per heavy atom. The van der Waals surface area contributed by atoms with Crippen LogP contribution in [-0.2, 0) is 15.6 Å². The Bertz CT molecular complexity index is 1640. The van der Waals surface area contributed by atoms with Crippen LogP contribution in [0.1, 0.15) is 32.0 Å². The van der Waals surface area contributed by atoms with Gasteiger partial charge in [-0.05, 0) is 50.1 Å². The maximum Gasteiger partial charge on any atom is 0.201 e. The summed E-state index contributed by atoms with van der Waals surface area (Å²) in [6.07, 6.45) is -0.530. The fourth-order valence-corrected chi connectivity index (χ4v) is 5.13. The van der Waals surface area contributed by atoms with Gasteiger partial charge >= 0.3 is 0 Å². The summed E-state index contributed by atoms with van der Waals surface area (Å²) in [6.45, 7) is 5.83. The van der Waals surface area contributed by atoms with Gasteiger partial charge in [0.05, 0.1) is 19.3 Å². The minimum atomic E-state index is -2.86. The molecule has 0 spiro atoms. The van der Waals surface area contributed by atoms with Gasteiger partial charge in [-0.25, -0.2) is 36.9 Å². The highest BCUT2D eigenvalue weighted by molar-refractivity contribution is 7.70. The fourth-order valence-electron chi connectivity index (χ4n) is 4.82. The summed E-state index contributed by atoms with van der Waals surface area (Å²) in [5.41, 5.74) is 7.48. The number of benzene rings is 2. The van der Waals surface area contributed by atoms with Crippen LogP contribution in [0.15, 0.2) is 48.7 Å². The minimum Gasteiger partial charge on any atom is -0.489 e. The number of halogens is 2. The Kier molecular flexibility index (Phi) is 9.09. The summed E-state index contributed by atoms with van der Waals surface area (Å²) in [4.78, 5) is 16.0. The Hall–Kier alpha value is -3.94. The summed E-state index contributed by atoms with van der Waals surface area (Å²) in [5.74, 6) is 1.12. The molecule has 0 saturated carbocycles. The first-order valence-electron chi connectivity index (χ1n) is 13.6. The standard InChI is InChI=1S/C29H32F2N6O4S/c1-17(2)41-24-15-19(20-4-3-5-21(26(20)31)23(30)8-9-34-42(38)39)14-22-27(24)35-28(18-6-7-25(32)33-16-18)36-29(22)37-10-12-40-13-11-37/h3-7,14-17,23,42H,8-13H2,1-2H3,(H2,32,33)(H,34,38,39). The predicted octanol–water partition coefficient (Wildman–Crippen LogP) is 4.22. The molecule has 13 heteroatoms. The molecule has 3 N–H and O–H groups in total. The van der Waals surface area contributed by atoms with Gasteiger partial charge in [-0.1, -0.05) is 18.2 Å². The van der Waals surface area contributed by atoms with Crippen LogP contribution < -0.4 is 20.1 Å². The molecule has 0 aliphatic carbocycles. The number of hydrogen-bond donors (Lipinski definition) is 3. The maximum absolute atomic E-state index is 15.9. The number of thiol groups is 1. The van der Waals surface area contributed by atoms with E-state index in [1.54, 1.807) is 42.6 Å². The summed E-state index contributed by atoms with van der Waals surface area (Å²) < 4.78 is 66.4. The van der Waals surface area contributed by atoms with Crippen LogP contribution >= 0.6 is 0 Å². The zero-order valence-corrected chi connectivity index (χ0v) is 24.1. The van der Waals surface area contributed by atoms with Crippen molar-refractivity contribution in [2.24, 2.45) is 0 Å². The van der Waals surface area contributed by atoms with Crippen molar-refractivity contribution in [3.05, 3.63) is 60.0 Å². The average Bonchev–Trinajstić information content (AvgIpc) is 2.97. The molecule has 1 fully saturated rings. The second-order valence-electron chi connectivity index (χ2n) is 10.1. The molecule has 1 saturated heterocycles. The second kappa shape index (κ2) is 12.9. The number of nitrogens with two attached hydrogens (primary N) is 1. The van der Waals surface area contributed by atoms with Gasteiger partial charge in [0.2, 0.25) is 10.9 Å². The second-order valence-corrected chi connectivity index (χ2v) is 10.9. The molecule has 1 atom stereocenters. The number of alkyl halides is 1. The summed E-state index contributed by atoms with van der Waals surface area (Å²) in [7, 11) is -2.86. The first kappa shape index (κ1) is 29.5. The average molecular weight is 599 g/mol. The maximum atomic E-state index is 15.9. The van der Waals surface area contributed by atoms with Crippen molar-refractivity contribution in [3.63, 3.8) is 0 Å². The van der Waals surface area contributed by atoms with Crippen LogP contribution in [0, 0.1) is 5.82 Å². The third kappa shape index (κ3) is 6.58. The molecule has 2 aromatic heterocycles. The van der Waals surface area contributed by atoms with E-state index in [2.05, 4.69) is 14.6 Å². The van der Waals surface area contributed by atoms with E-state index in [4.69, 9.17) is 25.2 Å². The van der Waals surface area contributed by atoms with E-state index in [-0.39, 0.29) is 30.2 Å². The molecule has 3 heterocycles. The van der Waals surface area contributed by atoms with Crippen molar-refractivity contribution in [2.45, 2.75) is 32.5 Å². The van der Waals surface area contributed by atoms with Gasteiger partial charge in [0.25, 0.3) is 0 Å². The molecule has 4 aromatic rings. The number of anilines is 2. The van der Waals surface area contributed by atoms with Crippen molar-refractivity contribution in [2.75, 3.05) is 43.5 Å². The third-order valence-electron chi connectivity index (χ3n) is 6.78. The van der Waals surface area contributed by atoms with E-state index in [9.17, 15) is 8.42 Å². The van der Waals surface area contributed by atoms with Crippen molar-refractivity contribution in [1.29, 1.82) is 0 Å². The van der Waals surface area contributed by atoms with Gasteiger partial charge in [-0.2, -0.15) is 0 Å². The van der Waals surface area contributed by atoms with Gasteiger partial charge in [-0.15, -0.1) is 0 Å². The van der Waals surface area contributed by atoms with E-state index in [0.29, 0.717) is 71.5 Å².